The van der Waals surface area contributed by atoms with Gasteiger partial charge in [-0.05, 0) is 18.3 Å². The number of hydrogen-bond donors (Lipinski definition) is 2. The van der Waals surface area contributed by atoms with Gasteiger partial charge < -0.3 is 5.11 Å². The molecule has 74 valence electrons. The fourth-order valence-electron chi connectivity index (χ4n) is 2.98. The standard InChI is InChI=1S/C10H12N2O2/c1-2-4-5-3-6-8(7(4)5)11-12-9(6)10(13)14/h4-5,7H,2-3H2,1H3,(H,11,12)(H,13,14)/t4-,5+,7-/m0/s1. The molecule has 1 aromatic rings. The van der Waals surface area contributed by atoms with Crippen LogP contribution in [0.4, 0.5) is 0 Å². The molecule has 0 amide bonds. The third-order valence-electron chi connectivity index (χ3n) is 3.68. The van der Waals surface area contributed by atoms with Gasteiger partial charge in [0.15, 0.2) is 5.69 Å². The maximum absolute atomic E-state index is 10.8. The summed E-state index contributed by atoms with van der Waals surface area (Å²) < 4.78 is 0. The van der Waals surface area contributed by atoms with Crippen molar-refractivity contribution < 1.29 is 9.90 Å². The number of H-pyrrole nitrogens is 1. The maximum Gasteiger partial charge on any atom is 0.356 e. The highest BCUT2D eigenvalue weighted by Gasteiger charge is 2.56. The second kappa shape index (κ2) is 2.38. The van der Waals surface area contributed by atoms with Gasteiger partial charge in [0.1, 0.15) is 0 Å². The van der Waals surface area contributed by atoms with E-state index < -0.39 is 5.97 Å². The molecule has 0 saturated heterocycles. The van der Waals surface area contributed by atoms with Crippen LogP contribution in [0.15, 0.2) is 0 Å². The zero-order valence-corrected chi connectivity index (χ0v) is 7.95. The lowest BCUT2D eigenvalue weighted by Crippen LogP contribution is -2.02. The molecule has 3 atom stereocenters. The van der Waals surface area contributed by atoms with E-state index in [2.05, 4.69) is 17.1 Å². The van der Waals surface area contributed by atoms with Crippen LogP contribution in [0, 0.1) is 11.8 Å². The second-order valence-electron chi connectivity index (χ2n) is 4.24. The van der Waals surface area contributed by atoms with Crippen LogP contribution in [0.1, 0.15) is 41.0 Å². The van der Waals surface area contributed by atoms with Crippen molar-refractivity contribution in [1.82, 2.24) is 10.2 Å². The molecule has 4 heteroatoms. The summed E-state index contributed by atoms with van der Waals surface area (Å²) in [5, 5.41) is 15.6. The molecule has 2 N–H and O–H groups in total. The van der Waals surface area contributed by atoms with E-state index in [0.29, 0.717) is 11.8 Å². The van der Waals surface area contributed by atoms with E-state index in [9.17, 15) is 4.79 Å². The highest BCUT2D eigenvalue weighted by molar-refractivity contribution is 5.87. The number of aromatic nitrogens is 2. The first-order valence-electron chi connectivity index (χ1n) is 5.04. The minimum absolute atomic E-state index is 0.238. The van der Waals surface area contributed by atoms with Crippen LogP contribution in [0.2, 0.25) is 0 Å². The van der Waals surface area contributed by atoms with Crippen molar-refractivity contribution in [3.8, 4) is 0 Å². The summed E-state index contributed by atoms with van der Waals surface area (Å²) in [4.78, 5) is 10.8. The highest BCUT2D eigenvalue weighted by Crippen LogP contribution is 2.62. The van der Waals surface area contributed by atoms with Crippen LogP contribution < -0.4 is 0 Å². The van der Waals surface area contributed by atoms with Crippen LogP contribution in [0.25, 0.3) is 0 Å². The van der Waals surface area contributed by atoms with E-state index in [1.807, 2.05) is 0 Å². The van der Waals surface area contributed by atoms with E-state index in [-0.39, 0.29) is 5.69 Å². The van der Waals surface area contributed by atoms with E-state index in [1.54, 1.807) is 0 Å². The fraction of sp³-hybridized carbons (Fsp3) is 0.600. The molecule has 1 heterocycles. The SMILES string of the molecule is CC[C@H]1[C@H]2Cc3c(C(=O)O)n[nH]c3[C@H]21. The third kappa shape index (κ3) is 0.786. The Morgan fingerprint density at radius 3 is 3.14 bits per heavy atom. The molecule has 4 nitrogen and oxygen atoms in total. The fourth-order valence-corrected chi connectivity index (χ4v) is 2.98. The monoisotopic (exact) mass is 192 g/mol. The van der Waals surface area contributed by atoms with Crippen LogP contribution in [-0.4, -0.2) is 21.3 Å². The van der Waals surface area contributed by atoms with Gasteiger partial charge in [0.25, 0.3) is 0 Å². The Morgan fingerprint density at radius 1 is 1.71 bits per heavy atom. The molecular weight excluding hydrogens is 180 g/mol. The summed E-state index contributed by atoms with van der Waals surface area (Å²) in [7, 11) is 0. The average molecular weight is 192 g/mol. The lowest BCUT2D eigenvalue weighted by molar-refractivity contribution is 0.0689. The van der Waals surface area contributed by atoms with Crippen molar-refractivity contribution in [1.29, 1.82) is 0 Å². The van der Waals surface area contributed by atoms with Gasteiger partial charge in [0.2, 0.25) is 0 Å². The molecule has 1 aromatic heterocycles. The number of nitrogens with zero attached hydrogens (tertiary/aromatic N) is 1. The third-order valence-corrected chi connectivity index (χ3v) is 3.68. The second-order valence-corrected chi connectivity index (χ2v) is 4.24. The van der Waals surface area contributed by atoms with Gasteiger partial charge in [0, 0.05) is 17.2 Å². The first kappa shape index (κ1) is 8.03. The number of aromatic amines is 1. The predicted octanol–water partition coefficient (Wildman–Crippen LogP) is 1.40. The molecule has 14 heavy (non-hydrogen) atoms. The van der Waals surface area contributed by atoms with Gasteiger partial charge in [-0.25, -0.2) is 4.79 Å². The van der Waals surface area contributed by atoms with Gasteiger partial charge in [0.05, 0.1) is 0 Å². The van der Waals surface area contributed by atoms with Crippen LogP contribution in [0.5, 0.6) is 0 Å². The lowest BCUT2D eigenvalue weighted by atomic mass is 10.1. The van der Waals surface area contributed by atoms with Gasteiger partial charge in [-0.1, -0.05) is 13.3 Å². The highest BCUT2D eigenvalue weighted by atomic mass is 16.4. The number of carboxylic acids is 1. The van der Waals surface area contributed by atoms with E-state index in [4.69, 9.17) is 5.11 Å². The molecule has 1 saturated carbocycles. The summed E-state index contributed by atoms with van der Waals surface area (Å²) in [5.41, 5.74) is 2.29. The minimum atomic E-state index is -0.906. The van der Waals surface area contributed by atoms with Gasteiger partial charge in [-0.2, -0.15) is 5.10 Å². The van der Waals surface area contributed by atoms with E-state index in [0.717, 1.165) is 23.6 Å². The van der Waals surface area contributed by atoms with Crippen molar-refractivity contribution in [3.63, 3.8) is 0 Å². The van der Waals surface area contributed by atoms with Crippen molar-refractivity contribution in [2.45, 2.75) is 25.7 Å². The largest absolute Gasteiger partial charge is 0.476 e. The van der Waals surface area contributed by atoms with Gasteiger partial charge in [-0.3, -0.25) is 5.10 Å². The Morgan fingerprint density at radius 2 is 2.50 bits per heavy atom. The molecule has 0 spiro atoms. The van der Waals surface area contributed by atoms with Crippen LogP contribution in [0.3, 0.4) is 0 Å². The van der Waals surface area contributed by atoms with Crippen molar-refractivity contribution in [2.24, 2.45) is 11.8 Å². The van der Waals surface area contributed by atoms with Crippen molar-refractivity contribution >= 4 is 5.97 Å². The molecule has 0 radical (unpaired) electrons. The first-order chi connectivity index (χ1) is 6.74. The molecule has 2 aliphatic carbocycles. The topological polar surface area (TPSA) is 66.0 Å². The summed E-state index contributed by atoms with van der Waals surface area (Å²) in [6, 6.07) is 0. The lowest BCUT2D eigenvalue weighted by Gasteiger charge is -1.99. The zero-order chi connectivity index (χ0) is 9.87. The minimum Gasteiger partial charge on any atom is -0.476 e. The number of hydrogen-bond acceptors (Lipinski definition) is 2. The quantitative estimate of drug-likeness (QED) is 0.744. The Labute approximate surface area is 81.3 Å². The normalized spacial score (nSPS) is 32.5. The number of rotatable bonds is 2. The van der Waals surface area contributed by atoms with E-state index >= 15 is 0 Å². The molecular formula is C10H12N2O2. The number of carboxylic acid groups (broad SMARTS) is 1. The first-order valence-corrected chi connectivity index (χ1v) is 5.04. The van der Waals surface area contributed by atoms with Gasteiger partial charge in [-0.15, -0.1) is 0 Å². The van der Waals surface area contributed by atoms with Gasteiger partial charge >= 0.3 is 5.97 Å². The Bertz CT molecular complexity index is 410. The summed E-state index contributed by atoms with van der Waals surface area (Å²) in [6.07, 6.45) is 2.10. The zero-order valence-electron chi connectivity index (χ0n) is 7.95. The summed E-state index contributed by atoms with van der Waals surface area (Å²) in [6.45, 7) is 2.19. The smallest absolute Gasteiger partial charge is 0.356 e. The molecule has 0 unspecified atom stereocenters. The van der Waals surface area contributed by atoms with Crippen LogP contribution >= 0.6 is 0 Å². The Balaban J connectivity index is 1.99. The van der Waals surface area contributed by atoms with E-state index in [1.165, 1.54) is 6.42 Å². The number of nitrogens with one attached hydrogen (secondary N) is 1. The number of aromatic carboxylic acids is 1. The average Bonchev–Trinajstić information content (AvgIpc) is 2.55. The Hall–Kier alpha value is -1.32. The van der Waals surface area contributed by atoms with Crippen molar-refractivity contribution in [2.75, 3.05) is 0 Å². The number of fused-ring (bicyclic) bond motifs is 3. The van der Waals surface area contributed by atoms with Crippen LogP contribution in [-0.2, 0) is 6.42 Å². The molecule has 0 aliphatic heterocycles. The Kier molecular flexibility index (Phi) is 1.36. The number of carbonyl (C=O) groups is 1. The molecule has 0 aromatic carbocycles. The predicted molar refractivity (Wildman–Crippen MR) is 49.3 cm³/mol. The molecule has 3 rings (SSSR count). The molecule has 0 bridgehead atoms. The summed E-state index contributed by atoms with van der Waals surface area (Å²) in [5.74, 6) is 1.14. The molecule has 2 aliphatic rings. The molecule has 1 fully saturated rings. The maximum atomic E-state index is 10.8. The van der Waals surface area contributed by atoms with Crippen molar-refractivity contribution in [3.05, 3.63) is 17.0 Å². The summed E-state index contributed by atoms with van der Waals surface area (Å²) >= 11 is 0.